The molecule has 0 aliphatic heterocycles. The molecule has 1 aromatic heterocycles. The zero-order valence-electron chi connectivity index (χ0n) is 10.7. The summed E-state index contributed by atoms with van der Waals surface area (Å²) >= 11 is 8.49. The van der Waals surface area contributed by atoms with E-state index in [1.165, 1.54) is 5.56 Å². The Morgan fingerprint density at radius 2 is 1.75 bits per heavy atom. The van der Waals surface area contributed by atoms with E-state index in [4.69, 9.17) is 16.3 Å². The molecule has 0 unspecified atom stereocenters. The number of rotatable bonds is 2. The van der Waals surface area contributed by atoms with Crippen LogP contribution in [0.4, 0.5) is 0 Å². The summed E-state index contributed by atoms with van der Waals surface area (Å²) in [5.74, 6) is 1.57. The summed E-state index contributed by atoms with van der Waals surface area (Å²) in [6.45, 7) is 2.05. The topological polar surface area (TPSA) is 22.1 Å². The van der Waals surface area contributed by atoms with Gasteiger partial charge in [-0.25, -0.2) is 0 Å². The highest BCUT2D eigenvalue weighted by atomic mass is 127. The van der Waals surface area contributed by atoms with Gasteiger partial charge < -0.3 is 4.74 Å². The lowest BCUT2D eigenvalue weighted by Crippen LogP contribution is -1.87. The maximum atomic E-state index is 6.32. The molecule has 3 rings (SSSR count). The number of aromatic nitrogens is 1. The Morgan fingerprint density at radius 1 is 1.05 bits per heavy atom. The number of fused-ring (bicyclic) bond motifs is 1. The fourth-order valence-electron chi connectivity index (χ4n) is 1.92. The molecule has 0 amide bonds. The van der Waals surface area contributed by atoms with E-state index in [1.807, 2.05) is 49.4 Å². The summed E-state index contributed by atoms with van der Waals surface area (Å²) < 4.78 is 6.78. The second kappa shape index (κ2) is 5.58. The van der Waals surface area contributed by atoms with Crippen molar-refractivity contribution in [2.75, 3.05) is 0 Å². The lowest BCUT2D eigenvalue weighted by molar-refractivity contribution is 0.483. The van der Waals surface area contributed by atoms with Crippen molar-refractivity contribution in [3.05, 3.63) is 62.8 Å². The first kappa shape index (κ1) is 13.6. The van der Waals surface area contributed by atoms with E-state index in [-0.39, 0.29) is 0 Å². The number of hydrogen-bond acceptors (Lipinski definition) is 2. The standard InChI is InChI=1S/C16H11ClINO/c1-10-2-4-11(5-3-10)20-12-6-7-15-13(8-12)16(17)14(18)9-19-15/h2-9H,1H3. The number of pyridine rings is 1. The van der Waals surface area contributed by atoms with Crippen LogP contribution in [0.5, 0.6) is 11.5 Å². The van der Waals surface area contributed by atoms with Crippen molar-refractivity contribution in [2.24, 2.45) is 0 Å². The van der Waals surface area contributed by atoms with Gasteiger partial charge in [0.15, 0.2) is 0 Å². The van der Waals surface area contributed by atoms with E-state index < -0.39 is 0 Å². The minimum absolute atomic E-state index is 0.713. The van der Waals surface area contributed by atoms with Crippen LogP contribution in [0.25, 0.3) is 10.9 Å². The number of ether oxygens (including phenoxy) is 1. The van der Waals surface area contributed by atoms with Crippen molar-refractivity contribution in [3.8, 4) is 11.5 Å². The fraction of sp³-hybridized carbons (Fsp3) is 0.0625. The van der Waals surface area contributed by atoms with Gasteiger partial charge in [-0.15, -0.1) is 0 Å². The molecule has 2 aromatic carbocycles. The monoisotopic (exact) mass is 395 g/mol. The Balaban J connectivity index is 2.00. The Labute approximate surface area is 135 Å². The van der Waals surface area contributed by atoms with Crippen LogP contribution in [0.2, 0.25) is 5.02 Å². The van der Waals surface area contributed by atoms with Crippen LogP contribution >= 0.6 is 34.2 Å². The molecule has 20 heavy (non-hydrogen) atoms. The molecule has 0 N–H and O–H groups in total. The van der Waals surface area contributed by atoms with E-state index in [2.05, 4.69) is 27.6 Å². The number of benzene rings is 2. The molecule has 0 radical (unpaired) electrons. The normalized spacial score (nSPS) is 10.8. The third-order valence-electron chi connectivity index (χ3n) is 2.99. The van der Waals surface area contributed by atoms with Crippen molar-refractivity contribution in [1.29, 1.82) is 0 Å². The van der Waals surface area contributed by atoms with Crippen molar-refractivity contribution in [3.63, 3.8) is 0 Å². The molecule has 0 aliphatic rings. The van der Waals surface area contributed by atoms with Gasteiger partial charge in [-0.2, -0.15) is 0 Å². The number of aryl methyl sites for hydroxylation is 1. The zero-order chi connectivity index (χ0) is 14.1. The maximum Gasteiger partial charge on any atom is 0.128 e. The second-order valence-corrected chi connectivity index (χ2v) is 6.05. The predicted molar refractivity (Wildman–Crippen MR) is 90.7 cm³/mol. The van der Waals surface area contributed by atoms with Crippen LogP contribution in [0, 0.1) is 10.5 Å². The first-order valence-electron chi connectivity index (χ1n) is 6.12. The zero-order valence-corrected chi connectivity index (χ0v) is 13.6. The minimum Gasteiger partial charge on any atom is -0.457 e. The fourth-order valence-corrected chi connectivity index (χ4v) is 2.55. The smallest absolute Gasteiger partial charge is 0.128 e. The summed E-state index contributed by atoms with van der Waals surface area (Å²) in [4.78, 5) is 4.35. The second-order valence-electron chi connectivity index (χ2n) is 4.51. The van der Waals surface area contributed by atoms with E-state index in [0.717, 1.165) is 26.0 Å². The number of halogens is 2. The molecule has 0 fully saturated rings. The molecule has 0 saturated heterocycles. The van der Waals surface area contributed by atoms with Crippen LogP contribution in [0.3, 0.4) is 0 Å². The third kappa shape index (κ3) is 2.74. The van der Waals surface area contributed by atoms with Gasteiger partial charge in [-0.3, -0.25) is 4.98 Å². The van der Waals surface area contributed by atoms with Crippen molar-refractivity contribution in [1.82, 2.24) is 4.98 Å². The highest BCUT2D eigenvalue weighted by Crippen LogP contribution is 2.31. The summed E-state index contributed by atoms with van der Waals surface area (Å²) in [6.07, 6.45) is 1.77. The summed E-state index contributed by atoms with van der Waals surface area (Å²) in [7, 11) is 0. The van der Waals surface area contributed by atoms with E-state index in [0.29, 0.717) is 5.02 Å². The first-order valence-corrected chi connectivity index (χ1v) is 7.57. The molecule has 0 spiro atoms. The van der Waals surface area contributed by atoms with Crippen LogP contribution in [0.1, 0.15) is 5.56 Å². The van der Waals surface area contributed by atoms with Crippen molar-refractivity contribution in [2.45, 2.75) is 6.92 Å². The van der Waals surface area contributed by atoms with Gasteiger partial charge in [0.1, 0.15) is 11.5 Å². The Kier molecular flexibility index (Phi) is 3.81. The average Bonchev–Trinajstić information content (AvgIpc) is 2.46. The largest absolute Gasteiger partial charge is 0.457 e. The molecule has 4 heteroatoms. The van der Waals surface area contributed by atoms with Gasteiger partial charge in [0.25, 0.3) is 0 Å². The Hall–Kier alpha value is -1.33. The quantitative estimate of drug-likeness (QED) is 0.527. The average molecular weight is 396 g/mol. The number of nitrogens with zero attached hydrogens (tertiary/aromatic N) is 1. The molecule has 0 saturated carbocycles. The number of hydrogen-bond donors (Lipinski definition) is 0. The van der Waals surface area contributed by atoms with E-state index >= 15 is 0 Å². The van der Waals surface area contributed by atoms with E-state index in [9.17, 15) is 0 Å². The molecule has 0 bridgehead atoms. The summed E-state index contributed by atoms with van der Waals surface area (Å²) in [6, 6.07) is 13.7. The molecule has 0 aliphatic carbocycles. The first-order chi connectivity index (χ1) is 9.63. The van der Waals surface area contributed by atoms with Gasteiger partial charge in [-0.05, 0) is 59.8 Å². The van der Waals surface area contributed by atoms with Crippen LogP contribution in [0.15, 0.2) is 48.7 Å². The Bertz CT molecular complexity index is 771. The molecule has 2 nitrogen and oxygen atoms in total. The van der Waals surface area contributed by atoms with Crippen molar-refractivity contribution >= 4 is 45.1 Å². The highest BCUT2D eigenvalue weighted by Gasteiger charge is 2.06. The summed E-state index contributed by atoms with van der Waals surface area (Å²) in [5.41, 5.74) is 2.07. The van der Waals surface area contributed by atoms with Crippen LogP contribution in [-0.4, -0.2) is 4.98 Å². The molecule has 0 atom stereocenters. The van der Waals surface area contributed by atoms with Crippen LogP contribution in [-0.2, 0) is 0 Å². The van der Waals surface area contributed by atoms with Gasteiger partial charge in [0, 0.05) is 11.6 Å². The predicted octanol–water partition coefficient (Wildman–Crippen LogP) is 5.59. The minimum atomic E-state index is 0.713. The van der Waals surface area contributed by atoms with Gasteiger partial charge >= 0.3 is 0 Å². The van der Waals surface area contributed by atoms with Crippen LogP contribution < -0.4 is 4.74 Å². The maximum absolute atomic E-state index is 6.32. The van der Waals surface area contributed by atoms with E-state index in [1.54, 1.807) is 6.20 Å². The molecule has 1 heterocycles. The third-order valence-corrected chi connectivity index (χ3v) is 4.53. The molecular formula is C16H11ClINO. The van der Waals surface area contributed by atoms with Gasteiger partial charge in [0.05, 0.1) is 14.1 Å². The highest BCUT2D eigenvalue weighted by molar-refractivity contribution is 14.1. The molecular weight excluding hydrogens is 385 g/mol. The van der Waals surface area contributed by atoms with Crippen molar-refractivity contribution < 1.29 is 4.74 Å². The SMILES string of the molecule is Cc1ccc(Oc2ccc3ncc(I)c(Cl)c3c2)cc1. The van der Waals surface area contributed by atoms with Gasteiger partial charge in [0.2, 0.25) is 0 Å². The molecule has 3 aromatic rings. The Morgan fingerprint density at radius 3 is 2.50 bits per heavy atom. The van der Waals surface area contributed by atoms with Gasteiger partial charge in [-0.1, -0.05) is 29.3 Å². The molecule has 100 valence electrons. The summed E-state index contributed by atoms with van der Waals surface area (Å²) in [5, 5.41) is 1.62. The lowest BCUT2D eigenvalue weighted by Gasteiger charge is -2.08. The lowest BCUT2D eigenvalue weighted by atomic mass is 10.2.